The summed E-state index contributed by atoms with van der Waals surface area (Å²) in [6.07, 6.45) is 1.42. The molecular formula is C15H14F3N3O. The number of hydrogen-bond donors (Lipinski definition) is 2. The first-order chi connectivity index (χ1) is 10.4. The molecule has 0 fully saturated rings. The fourth-order valence-electron chi connectivity index (χ4n) is 1.79. The summed E-state index contributed by atoms with van der Waals surface area (Å²) in [6.45, 7) is 3.85. The molecule has 7 heteroatoms. The average molecular weight is 309 g/mol. The molecule has 0 unspecified atom stereocenters. The molecule has 1 amide bonds. The molecular weight excluding hydrogens is 295 g/mol. The van der Waals surface area contributed by atoms with E-state index in [2.05, 4.69) is 15.6 Å². The molecule has 0 aliphatic rings. The second-order valence-corrected chi connectivity index (χ2v) is 4.91. The van der Waals surface area contributed by atoms with Gasteiger partial charge in [-0.3, -0.25) is 9.78 Å². The van der Waals surface area contributed by atoms with Crippen LogP contribution < -0.4 is 10.6 Å². The summed E-state index contributed by atoms with van der Waals surface area (Å²) in [7, 11) is 0. The number of hydrogen-bond acceptors (Lipinski definition) is 3. The molecule has 0 spiro atoms. The molecule has 1 heterocycles. The van der Waals surface area contributed by atoms with Gasteiger partial charge < -0.3 is 10.6 Å². The average Bonchev–Trinajstić information content (AvgIpc) is 2.47. The van der Waals surface area contributed by atoms with Crippen molar-refractivity contribution in [3.8, 4) is 0 Å². The van der Waals surface area contributed by atoms with Crippen LogP contribution in [0.5, 0.6) is 0 Å². The third-order valence-electron chi connectivity index (χ3n) is 2.73. The van der Waals surface area contributed by atoms with Gasteiger partial charge in [0.05, 0.1) is 5.69 Å². The number of aromatic nitrogens is 1. The fourth-order valence-corrected chi connectivity index (χ4v) is 1.79. The van der Waals surface area contributed by atoms with E-state index in [1.54, 1.807) is 6.07 Å². The quantitative estimate of drug-likeness (QED) is 0.849. The first-order valence-electron chi connectivity index (χ1n) is 6.56. The van der Waals surface area contributed by atoms with Crippen LogP contribution in [0.2, 0.25) is 0 Å². The summed E-state index contributed by atoms with van der Waals surface area (Å²) in [6, 6.07) is 4.99. The van der Waals surface area contributed by atoms with Gasteiger partial charge in [0.25, 0.3) is 5.91 Å². The van der Waals surface area contributed by atoms with Crippen molar-refractivity contribution in [2.24, 2.45) is 0 Å². The molecule has 2 aromatic rings. The molecule has 2 rings (SSSR count). The molecule has 0 saturated carbocycles. The van der Waals surface area contributed by atoms with Crippen LogP contribution in [0.25, 0.3) is 0 Å². The molecule has 0 aliphatic heterocycles. The van der Waals surface area contributed by atoms with Crippen LogP contribution in [-0.4, -0.2) is 16.9 Å². The molecule has 0 radical (unpaired) electrons. The molecule has 1 aromatic heterocycles. The van der Waals surface area contributed by atoms with Crippen molar-refractivity contribution < 1.29 is 18.0 Å². The maximum Gasteiger partial charge on any atom is 0.274 e. The zero-order valence-electron chi connectivity index (χ0n) is 12.0. The van der Waals surface area contributed by atoms with Crippen molar-refractivity contribution in [2.45, 2.75) is 19.9 Å². The molecule has 1 aromatic carbocycles. The van der Waals surface area contributed by atoms with Crippen LogP contribution >= 0.6 is 0 Å². The SMILES string of the molecule is CC(C)Nc1ccnc(C(=O)Nc2ccc(F)c(F)c2F)c1. The topological polar surface area (TPSA) is 54.0 Å². The second-order valence-electron chi connectivity index (χ2n) is 4.91. The van der Waals surface area contributed by atoms with E-state index in [9.17, 15) is 18.0 Å². The number of nitrogens with zero attached hydrogens (tertiary/aromatic N) is 1. The number of amides is 1. The lowest BCUT2D eigenvalue weighted by Gasteiger charge is -2.11. The second kappa shape index (κ2) is 6.46. The Balaban J connectivity index is 2.21. The molecule has 4 nitrogen and oxygen atoms in total. The van der Waals surface area contributed by atoms with E-state index in [-0.39, 0.29) is 11.7 Å². The van der Waals surface area contributed by atoms with Gasteiger partial charge in [-0.1, -0.05) is 0 Å². The van der Waals surface area contributed by atoms with E-state index in [0.29, 0.717) is 5.69 Å². The van der Waals surface area contributed by atoms with E-state index in [0.717, 1.165) is 12.1 Å². The standard InChI is InChI=1S/C15H14F3N3O/c1-8(2)20-9-5-6-19-12(7-9)15(22)21-11-4-3-10(16)13(17)14(11)18/h3-8H,1-2H3,(H,19,20)(H,21,22). The number of benzene rings is 1. The van der Waals surface area contributed by atoms with Gasteiger partial charge in [-0.15, -0.1) is 0 Å². The molecule has 0 bridgehead atoms. The van der Waals surface area contributed by atoms with Crippen molar-refractivity contribution in [1.82, 2.24) is 4.98 Å². The predicted octanol–water partition coefficient (Wildman–Crippen LogP) is 3.57. The minimum absolute atomic E-state index is 0.0229. The summed E-state index contributed by atoms with van der Waals surface area (Å²) < 4.78 is 39.5. The van der Waals surface area contributed by atoms with E-state index < -0.39 is 29.0 Å². The maximum absolute atomic E-state index is 13.5. The Hall–Kier alpha value is -2.57. The predicted molar refractivity (Wildman–Crippen MR) is 77.3 cm³/mol. The van der Waals surface area contributed by atoms with Gasteiger partial charge in [0.2, 0.25) is 0 Å². The Morgan fingerprint density at radius 1 is 1.14 bits per heavy atom. The summed E-state index contributed by atoms with van der Waals surface area (Å²) >= 11 is 0. The molecule has 22 heavy (non-hydrogen) atoms. The highest BCUT2D eigenvalue weighted by Gasteiger charge is 2.16. The minimum atomic E-state index is -1.64. The summed E-state index contributed by atoms with van der Waals surface area (Å²) in [5.41, 5.74) is 0.239. The van der Waals surface area contributed by atoms with Crippen LogP contribution in [0.15, 0.2) is 30.5 Å². The maximum atomic E-state index is 13.5. The highest BCUT2D eigenvalue weighted by Crippen LogP contribution is 2.20. The van der Waals surface area contributed by atoms with Gasteiger partial charge in [0, 0.05) is 17.9 Å². The van der Waals surface area contributed by atoms with Crippen molar-refractivity contribution in [2.75, 3.05) is 10.6 Å². The molecule has 0 atom stereocenters. The molecule has 116 valence electrons. The largest absolute Gasteiger partial charge is 0.383 e. The monoisotopic (exact) mass is 309 g/mol. The number of halogens is 3. The van der Waals surface area contributed by atoms with Gasteiger partial charge in [-0.2, -0.15) is 0 Å². The van der Waals surface area contributed by atoms with Gasteiger partial charge in [-0.25, -0.2) is 13.2 Å². The summed E-state index contributed by atoms with van der Waals surface area (Å²) in [5.74, 6) is -5.14. The Morgan fingerprint density at radius 2 is 1.86 bits per heavy atom. The number of carbonyl (C=O) groups excluding carboxylic acids is 1. The van der Waals surface area contributed by atoms with Gasteiger partial charge in [-0.05, 0) is 38.1 Å². The summed E-state index contributed by atoms with van der Waals surface area (Å²) in [5, 5.41) is 5.25. The van der Waals surface area contributed by atoms with E-state index in [1.165, 1.54) is 12.3 Å². The smallest absolute Gasteiger partial charge is 0.274 e. The minimum Gasteiger partial charge on any atom is -0.383 e. The lowest BCUT2D eigenvalue weighted by atomic mass is 10.2. The van der Waals surface area contributed by atoms with Crippen LogP contribution in [-0.2, 0) is 0 Å². The number of rotatable bonds is 4. The van der Waals surface area contributed by atoms with Gasteiger partial charge in [0.1, 0.15) is 5.69 Å². The normalized spacial score (nSPS) is 10.6. The van der Waals surface area contributed by atoms with Crippen LogP contribution in [0.1, 0.15) is 24.3 Å². The fraction of sp³-hybridized carbons (Fsp3) is 0.200. The zero-order chi connectivity index (χ0) is 16.3. The Morgan fingerprint density at radius 3 is 2.55 bits per heavy atom. The number of anilines is 2. The Labute approximate surface area is 125 Å². The highest BCUT2D eigenvalue weighted by molar-refractivity contribution is 6.03. The molecule has 2 N–H and O–H groups in total. The van der Waals surface area contributed by atoms with Crippen molar-refractivity contribution in [3.63, 3.8) is 0 Å². The van der Waals surface area contributed by atoms with Crippen molar-refractivity contribution in [3.05, 3.63) is 53.6 Å². The Bertz CT molecular complexity index is 704. The number of pyridine rings is 1. The number of carbonyl (C=O) groups is 1. The van der Waals surface area contributed by atoms with E-state index in [1.807, 2.05) is 13.8 Å². The van der Waals surface area contributed by atoms with Gasteiger partial charge in [0.15, 0.2) is 17.5 Å². The lowest BCUT2D eigenvalue weighted by Crippen LogP contribution is -2.16. The van der Waals surface area contributed by atoms with Gasteiger partial charge >= 0.3 is 0 Å². The molecule has 0 saturated heterocycles. The number of nitrogens with one attached hydrogen (secondary N) is 2. The lowest BCUT2D eigenvalue weighted by molar-refractivity contribution is 0.102. The van der Waals surface area contributed by atoms with Crippen molar-refractivity contribution >= 4 is 17.3 Å². The Kier molecular flexibility index (Phi) is 4.65. The van der Waals surface area contributed by atoms with Crippen LogP contribution in [0.3, 0.4) is 0 Å². The summed E-state index contributed by atoms with van der Waals surface area (Å²) in [4.78, 5) is 15.9. The molecule has 0 aliphatic carbocycles. The third kappa shape index (κ3) is 3.55. The zero-order valence-corrected chi connectivity index (χ0v) is 12.0. The highest BCUT2D eigenvalue weighted by atomic mass is 19.2. The first-order valence-corrected chi connectivity index (χ1v) is 6.56. The van der Waals surface area contributed by atoms with E-state index >= 15 is 0 Å². The third-order valence-corrected chi connectivity index (χ3v) is 2.73. The van der Waals surface area contributed by atoms with E-state index in [4.69, 9.17) is 0 Å². The van der Waals surface area contributed by atoms with Crippen LogP contribution in [0.4, 0.5) is 24.5 Å². The van der Waals surface area contributed by atoms with Crippen molar-refractivity contribution in [1.29, 1.82) is 0 Å². The van der Waals surface area contributed by atoms with Crippen LogP contribution in [0, 0.1) is 17.5 Å². The first kappa shape index (κ1) is 15.8.